The number of nitrogens with one attached hydrogen (secondary N) is 1. The van der Waals surface area contributed by atoms with E-state index in [1.165, 1.54) is 18.2 Å². The van der Waals surface area contributed by atoms with Crippen LogP contribution in [0.15, 0.2) is 59.7 Å². The number of aromatic hydroxyl groups is 1. The Bertz CT molecular complexity index is 1170. The predicted molar refractivity (Wildman–Crippen MR) is 121 cm³/mol. The van der Waals surface area contributed by atoms with Crippen LogP contribution >= 0.6 is 11.6 Å². The highest BCUT2D eigenvalue weighted by Gasteiger charge is 2.20. The number of benzene rings is 3. The van der Waals surface area contributed by atoms with Crippen LogP contribution in [0.4, 0.5) is 4.79 Å². The Hall–Kier alpha value is -3.58. The second kappa shape index (κ2) is 9.49. The molecule has 8 heteroatoms. The van der Waals surface area contributed by atoms with Gasteiger partial charge < -0.3 is 21.0 Å². The molecule has 0 heterocycles. The van der Waals surface area contributed by atoms with Crippen LogP contribution in [-0.4, -0.2) is 28.7 Å². The first kappa shape index (κ1) is 22.1. The molecule has 7 nitrogen and oxygen atoms in total. The minimum atomic E-state index is -0.508. The second-order valence-corrected chi connectivity index (χ2v) is 7.57. The molecule has 0 bridgehead atoms. The summed E-state index contributed by atoms with van der Waals surface area (Å²) in [6, 6.07) is 15.0. The Morgan fingerprint density at radius 1 is 1.13 bits per heavy atom. The number of amides is 1. The molecule has 0 aliphatic heterocycles. The van der Waals surface area contributed by atoms with Crippen molar-refractivity contribution in [2.24, 2.45) is 10.9 Å². The lowest BCUT2D eigenvalue weighted by Gasteiger charge is -2.14. The van der Waals surface area contributed by atoms with E-state index in [1.807, 2.05) is 38.1 Å². The van der Waals surface area contributed by atoms with Crippen molar-refractivity contribution in [3.05, 3.63) is 76.3 Å². The van der Waals surface area contributed by atoms with E-state index >= 15 is 0 Å². The van der Waals surface area contributed by atoms with Crippen molar-refractivity contribution in [3.63, 3.8) is 0 Å². The molecule has 0 aliphatic rings. The summed E-state index contributed by atoms with van der Waals surface area (Å²) in [5, 5.41) is 17.6. The third kappa shape index (κ3) is 4.95. The van der Waals surface area contributed by atoms with Crippen molar-refractivity contribution in [2.45, 2.75) is 26.5 Å². The van der Waals surface area contributed by atoms with Crippen molar-refractivity contribution < 1.29 is 19.4 Å². The van der Waals surface area contributed by atoms with E-state index in [1.54, 1.807) is 12.1 Å². The average molecular weight is 440 g/mol. The first-order chi connectivity index (χ1) is 14.8. The Kier molecular flexibility index (Phi) is 6.77. The zero-order valence-corrected chi connectivity index (χ0v) is 17.8. The van der Waals surface area contributed by atoms with Crippen LogP contribution < -0.4 is 11.2 Å². The number of alkyl carbamates (subject to hydrolysis) is 1. The van der Waals surface area contributed by atoms with Crippen LogP contribution in [0.5, 0.6) is 5.75 Å². The number of ketones is 1. The van der Waals surface area contributed by atoms with Crippen molar-refractivity contribution in [1.82, 2.24) is 5.32 Å². The summed E-state index contributed by atoms with van der Waals surface area (Å²) in [5.74, 6) is 5.03. The maximum absolute atomic E-state index is 13.1. The summed E-state index contributed by atoms with van der Waals surface area (Å²) in [7, 11) is 0. The molecule has 0 saturated carbocycles. The molecule has 3 aromatic carbocycles. The van der Waals surface area contributed by atoms with Gasteiger partial charge >= 0.3 is 6.09 Å². The number of Topliss-reactive ketones (excluding diaryl/α,β-unsaturated/α-hetero) is 1. The summed E-state index contributed by atoms with van der Waals surface area (Å²) in [6.07, 6.45) is -0.508. The number of ether oxygens (including phenoxy) is 1. The fourth-order valence-electron chi connectivity index (χ4n) is 3.15. The highest BCUT2D eigenvalue weighted by atomic mass is 35.5. The van der Waals surface area contributed by atoms with Crippen molar-refractivity contribution in [1.29, 1.82) is 0 Å². The molecule has 0 fully saturated rings. The summed E-state index contributed by atoms with van der Waals surface area (Å²) in [5.41, 5.74) is 1.59. The first-order valence-electron chi connectivity index (χ1n) is 9.57. The maximum Gasteiger partial charge on any atom is 0.407 e. The zero-order chi connectivity index (χ0) is 22.5. The molecule has 0 spiro atoms. The van der Waals surface area contributed by atoms with Gasteiger partial charge in [-0.15, -0.1) is 0 Å². The van der Waals surface area contributed by atoms with E-state index in [0.717, 1.165) is 16.3 Å². The van der Waals surface area contributed by atoms with Crippen LogP contribution in [0.2, 0.25) is 5.02 Å². The minimum absolute atomic E-state index is 0.0330. The summed E-state index contributed by atoms with van der Waals surface area (Å²) in [4.78, 5) is 24.9. The number of fused-ring (bicyclic) bond motifs is 1. The summed E-state index contributed by atoms with van der Waals surface area (Å²) in [6.45, 7) is 3.75. The molecule has 0 aromatic heterocycles. The normalized spacial score (nSPS) is 11.5. The molecule has 3 rings (SSSR count). The van der Waals surface area contributed by atoms with Gasteiger partial charge in [-0.25, -0.2) is 4.79 Å². The monoisotopic (exact) mass is 439 g/mol. The lowest BCUT2D eigenvalue weighted by molar-refractivity contribution is 0.106. The van der Waals surface area contributed by atoms with Gasteiger partial charge in [0.1, 0.15) is 18.1 Å². The third-order valence-electron chi connectivity index (χ3n) is 4.59. The van der Waals surface area contributed by atoms with Gasteiger partial charge in [0.25, 0.3) is 0 Å². The number of carbonyl (C=O) groups excluding carboxylic acids is 2. The quantitative estimate of drug-likeness (QED) is 0.228. The Labute approximate surface area is 184 Å². The number of nitrogens with zero attached hydrogens (tertiary/aromatic N) is 1. The highest BCUT2D eigenvalue weighted by molar-refractivity contribution is 6.53. The average Bonchev–Trinajstić information content (AvgIpc) is 2.74. The van der Waals surface area contributed by atoms with Crippen LogP contribution in [0.1, 0.15) is 35.3 Å². The molecule has 0 radical (unpaired) electrons. The van der Waals surface area contributed by atoms with Crippen molar-refractivity contribution in [2.75, 3.05) is 0 Å². The fraction of sp³-hybridized carbons (Fsp3) is 0.174. The van der Waals surface area contributed by atoms with Gasteiger partial charge in [-0.3, -0.25) is 4.79 Å². The van der Waals surface area contributed by atoms with E-state index < -0.39 is 11.9 Å². The molecular weight excluding hydrogens is 418 g/mol. The van der Waals surface area contributed by atoms with E-state index in [-0.39, 0.29) is 34.7 Å². The molecule has 0 atom stereocenters. The van der Waals surface area contributed by atoms with E-state index in [2.05, 4.69) is 10.4 Å². The molecule has 3 aromatic rings. The molecule has 160 valence electrons. The van der Waals surface area contributed by atoms with Crippen molar-refractivity contribution >= 4 is 40.0 Å². The van der Waals surface area contributed by atoms with Gasteiger partial charge in [-0.05, 0) is 48.4 Å². The van der Waals surface area contributed by atoms with Gasteiger partial charge in [0.05, 0.1) is 5.02 Å². The highest BCUT2D eigenvalue weighted by Crippen LogP contribution is 2.27. The molecule has 0 unspecified atom stereocenters. The zero-order valence-electron chi connectivity index (χ0n) is 17.1. The molecule has 4 N–H and O–H groups in total. The standard InChI is InChI=1S/C23H22ClN3O4/c1-13(2)26-23(30)31-12-15-7-9-18(17-6-4-3-5-16(15)17)21(27-25)22(29)14-8-10-20(28)19(24)11-14/h3-11,13,28H,12,25H2,1-2H3,(H,26,30). The van der Waals surface area contributed by atoms with Crippen molar-refractivity contribution in [3.8, 4) is 5.75 Å². The van der Waals surface area contributed by atoms with Crippen LogP contribution in [-0.2, 0) is 11.3 Å². The van der Waals surface area contributed by atoms with E-state index in [4.69, 9.17) is 22.2 Å². The lowest BCUT2D eigenvalue weighted by atomic mass is 9.93. The maximum atomic E-state index is 13.1. The summed E-state index contributed by atoms with van der Waals surface area (Å²) >= 11 is 5.94. The number of phenolic OH excluding ortho intramolecular Hbond substituents is 1. The number of hydrogen-bond donors (Lipinski definition) is 3. The molecular formula is C23H22ClN3O4. The predicted octanol–water partition coefficient (Wildman–Crippen LogP) is 4.38. The van der Waals surface area contributed by atoms with Crippen LogP contribution in [0, 0.1) is 0 Å². The number of hydrazone groups is 1. The Morgan fingerprint density at radius 3 is 2.48 bits per heavy atom. The van der Waals surface area contributed by atoms with Gasteiger partial charge in [0.15, 0.2) is 0 Å². The smallest absolute Gasteiger partial charge is 0.407 e. The number of rotatable bonds is 6. The number of phenols is 1. The van der Waals surface area contributed by atoms with E-state index in [9.17, 15) is 14.7 Å². The van der Waals surface area contributed by atoms with Gasteiger partial charge in [-0.2, -0.15) is 5.10 Å². The van der Waals surface area contributed by atoms with Gasteiger partial charge in [0.2, 0.25) is 5.78 Å². The van der Waals surface area contributed by atoms with Gasteiger partial charge in [-0.1, -0.05) is 48.0 Å². The second-order valence-electron chi connectivity index (χ2n) is 7.17. The third-order valence-corrected chi connectivity index (χ3v) is 4.89. The fourth-order valence-corrected chi connectivity index (χ4v) is 3.33. The SMILES string of the molecule is CC(C)NC(=O)OCc1ccc(C(=NN)C(=O)c2ccc(O)c(Cl)c2)c2ccccc12. The summed E-state index contributed by atoms with van der Waals surface area (Å²) < 4.78 is 5.30. The Morgan fingerprint density at radius 2 is 1.84 bits per heavy atom. The largest absolute Gasteiger partial charge is 0.506 e. The first-order valence-corrected chi connectivity index (χ1v) is 9.95. The molecule has 1 amide bonds. The number of carbonyl (C=O) groups is 2. The lowest BCUT2D eigenvalue weighted by Crippen LogP contribution is -2.30. The number of nitrogens with two attached hydrogens (primary N) is 1. The van der Waals surface area contributed by atoms with E-state index in [0.29, 0.717) is 5.56 Å². The number of hydrogen-bond acceptors (Lipinski definition) is 6. The molecule has 0 saturated heterocycles. The number of halogens is 1. The Balaban J connectivity index is 1.97. The van der Waals surface area contributed by atoms with Crippen LogP contribution in [0.25, 0.3) is 10.8 Å². The van der Waals surface area contributed by atoms with Gasteiger partial charge in [0, 0.05) is 17.2 Å². The molecule has 0 aliphatic carbocycles. The topological polar surface area (TPSA) is 114 Å². The molecule has 31 heavy (non-hydrogen) atoms. The minimum Gasteiger partial charge on any atom is -0.506 e. The van der Waals surface area contributed by atoms with Crippen LogP contribution in [0.3, 0.4) is 0 Å².